The molecule has 1 aliphatic rings. The molecule has 1 saturated heterocycles. The van der Waals surface area contributed by atoms with Crippen molar-refractivity contribution >= 4 is 22.3 Å². The fraction of sp³-hybridized carbons (Fsp3) is 0.438. The number of pyridine rings is 1. The van der Waals surface area contributed by atoms with Gasteiger partial charge < -0.3 is 15.5 Å². The summed E-state index contributed by atoms with van der Waals surface area (Å²) in [7, 11) is 2.20. The molecule has 4 heteroatoms. The molecule has 3 rings (SSSR count). The third-order valence-corrected chi connectivity index (χ3v) is 4.13. The second-order valence-electron chi connectivity index (χ2n) is 5.73. The van der Waals surface area contributed by atoms with Crippen LogP contribution in [0, 0.1) is 0 Å². The van der Waals surface area contributed by atoms with Crippen molar-refractivity contribution in [3.05, 3.63) is 30.5 Å². The van der Waals surface area contributed by atoms with E-state index in [9.17, 15) is 0 Å². The van der Waals surface area contributed by atoms with Gasteiger partial charge in [-0.05, 0) is 51.2 Å². The number of nitrogens with zero attached hydrogens (tertiary/aromatic N) is 3. The monoisotopic (exact) mass is 270 g/mol. The van der Waals surface area contributed by atoms with Crippen molar-refractivity contribution in [1.82, 2.24) is 9.88 Å². The molecule has 1 aromatic heterocycles. The van der Waals surface area contributed by atoms with Crippen LogP contribution in [-0.4, -0.2) is 42.6 Å². The van der Waals surface area contributed by atoms with Crippen LogP contribution in [0.3, 0.4) is 0 Å². The topological polar surface area (TPSA) is 45.4 Å². The summed E-state index contributed by atoms with van der Waals surface area (Å²) < 4.78 is 0. The van der Waals surface area contributed by atoms with Gasteiger partial charge in [-0.2, -0.15) is 0 Å². The molecule has 0 spiro atoms. The van der Waals surface area contributed by atoms with E-state index >= 15 is 0 Å². The van der Waals surface area contributed by atoms with Crippen LogP contribution in [0.4, 0.5) is 11.4 Å². The van der Waals surface area contributed by atoms with Crippen molar-refractivity contribution in [2.24, 2.45) is 0 Å². The molecular weight excluding hydrogens is 248 g/mol. The van der Waals surface area contributed by atoms with E-state index in [4.69, 9.17) is 5.73 Å². The maximum absolute atomic E-state index is 6.05. The van der Waals surface area contributed by atoms with Gasteiger partial charge in [-0.25, -0.2) is 0 Å². The van der Waals surface area contributed by atoms with E-state index in [1.165, 1.54) is 12.1 Å². The SMILES string of the molecule is CC1CN(C)CCCN1c1ccc(N)c2ncccc12. The van der Waals surface area contributed by atoms with Crippen LogP contribution in [0.1, 0.15) is 13.3 Å². The van der Waals surface area contributed by atoms with E-state index in [0.717, 1.165) is 36.2 Å². The summed E-state index contributed by atoms with van der Waals surface area (Å²) in [6, 6.07) is 8.72. The van der Waals surface area contributed by atoms with Gasteiger partial charge in [0, 0.05) is 36.4 Å². The minimum atomic E-state index is 0.495. The zero-order chi connectivity index (χ0) is 14.1. The molecule has 0 amide bonds. The van der Waals surface area contributed by atoms with Crippen molar-refractivity contribution < 1.29 is 0 Å². The summed E-state index contributed by atoms with van der Waals surface area (Å²) in [6.07, 6.45) is 3.00. The summed E-state index contributed by atoms with van der Waals surface area (Å²) in [5.74, 6) is 0. The predicted molar refractivity (Wildman–Crippen MR) is 85.1 cm³/mol. The highest BCUT2D eigenvalue weighted by molar-refractivity contribution is 5.98. The van der Waals surface area contributed by atoms with Crippen LogP contribution >= 0.6 is 0 Å². The van der Waals surface area contributed by atoms with Gasteiger partial charge in [0.05, 0.1) is 11.2 Å². The van der Waals surface area contributed by atoms with E-state index in [-0.39, 0.29) is 0 Å². The molecule has 2 heterocycles. The van der Waals surface area contributed by atoms with E-state index in [1.807, 2.05) is 18.3 Å². The van der Waals surface area contributed by atoms with Gasteiger partial charge in [0.25, 0.3) is 0 Å². The summed E-state index contributed by atoms with van der Waals surface area (Å²) in [4.78, 5) is 9.34. The maximum Gasteiger partial charge on any atom is 0.0951 e. The van der Waals surface area contributed by atoms with Gasteiger partial charge in [-0.3, -0.25) is 4.98 Å². The Hall–Kier alpha value is -1.81. The van der Waals surface area contributed by atoms with Crippen LogP contribution in [0.5, 0.6) is 0 Å². The van der Waals surface area contributed by atoms with Crippen molar-refractivity contribution in [3.8, 4) is 0 Å². The molecule has 1 atom stereocenters. The maximum atomic E-state index is 6.05. The summed E-state index contributed by atoms with van der Waals surface area (Å²) >= 11 is 0. The molecule has 2 aromatic rings. The average Bonchev–Trinajstić information content (AvgIpc) is 2.61. The predicted octanol–water partition coefficient (Wildman–Crippen LogP) is 2.35. The molecule has 106 valence electrons. The number of hydrogen-bond donors (Lipinski definition) is 1. The lowest BCUT2D eigenvalue weighted by atomic mass is 10.1. The summed E-state index contributed by atoms with van der Waals surface area (Å²) in [5.41, 5.74) is 8.97. The van der Waals surface area contributed by atoms with E-state index in [0.29, 0.717) is 6.04 Å². The normalized spacial score (nSPS) is 21.1. The number of rotatable bonds is 1. The van der Waals surface area contributed by atoms with Gasteiger partial charge in [0.15, 0.2) is 0 Å². The Morgan fingerprint density at radius 1 is 1.25 bits per heavy atom. The van der Waals surface area contributed by atoms with Crippen molar-refractivity contribution in [2.75, 3.05) is 37.3 Å². The molecule has 0 bridgehead atoms. The van der Waals surface area contributed by atoms with Gasteiger partial charge >= 0.3 is 0 Å². The van der Waals surface area contributed by atoms with Gasteiger partial charge in [-0.1, -0.05) is 0 Å². The minimum absolute atomic E-state index is 0.495. The van der Waals surface area contributed by atoms with Gasteiger partial charge in [-0.15, -0.1) is 0 Å². The lowest BCUT2D eigenvalue weighted by molar-refractivity contribution is 0.337. The van der Waals surface area contributed by atoms with Crippen LogP contribution in [0.25, 0.3) is 10.9 Å². The van der Waals surface area contributed by atoms with Crippen molar-refractivity contribution in [3.63, 3.8) is 0 Å². The quantitative estimate of drug-likeness (QED) is 0.808. The molecular formula is C16H22N4. The van der Waals surface area contributed by atoms with Crippen LogP contribution < -0.4 is 10.6 Å². The zero-order valence-corrected chi connectivity index (χ0v) is 12.2. The van der Waals surface area contributed by atoms with Gasteiger partial charge in [0.1, 0.15) is 0 Å². The number of fused-ring (bicyclic) bond motifs is 1. The smallest absolute Gasteiger partial charge is 0.0951 e. The second-order valence-corrected chi connectivity index (χ2v) is 5.73. The summed E-state index contributed by atoms with van der Waals surface area (Å²) in [6.45, 7) is 5.62. The lowest BCUT2D eigenvalue weighted by Crippen LogP contribution is -2.38. The van der Waals surface area contributed by atoms with Gasteiger partial charge in [0.2, 0.25) is 0 Å². The van der Waals surface area contributed by atoms with E-state index in [1.54, 1.807) is 0 Å². The third-order valence-electron chi connectivity index (χ3n) is 4.13. The van der Waals surface area contributed by atoms with Crippen LogP contribution in [0.15, 0.2) is 30.5 Å². The Balaban J connectivity index is 2.07. The number of likely N-dealkylation sites (N-methyl/N-ethyl adjacent to an activating group) is 1. The molecule has 2 N–H and O–H groups in total. The standard InChI is InChI=1S/C16H22N4/c1-12-11-19(2)9-4-10-20(12)15-7-6-14(17)16-13(15)5-3-8-18-16/h3,5-8,12H,4,9-11,17H2,1-2H3. The first kappa shape index (κ1) is 13.2. The number of nitrogens with two attached hydrogens (primary N) is 1. The Morgan fingerprint density at radius 2 is 2.10 bits per heavy atom. The Labute approximate surface area is 120 Å². The summed E-state index contributed by atoms with van der Waals surface area (Å²) in [5, 5.41) is 1.16. The molecule has 0 aliphatic carbocycles. The Bertz CT molecular complexity index is 610. The molecule has 0 saturated carbocycles. The highest BCUT2D eigenvalue weighted by Gasteiger charge is 2.21. The molecule has 0 radical (unpaired) electrons. The van der Waals surface area contributed by atoms with E-state index < -0.39 is 0 Å². The molecule has 1 aliphatic heterocycles. The fourth-order valence-electron chi connectivity index (χ4n) is 3.16. The molecule has 20 heavy (non-hydrogen) atoms. The highest BCUT2D eigenvalue weighted by Crippen LogP contribution is 2.31. The number of hydrogen-bond acceptors (Lipinski definition) is 4. The zero-order valence-electron chi connectivity index (χ0n) is 12.2. The van der Waals surface area contributed by atoms with Crippen LogP contribution in [0.2, 0.25) is 0 Å². The highest BCUT2D eigenvalue weighted by atomic mass is 15.2. The number of benzene rings is 1. The van der Waals surface area contributed by atoms with Crippen molar-refractivity contribution in [1.29, 1.82) is 0 Å². The molecule has 4 nitrogen and oxygen atoms in total. The Morgan fingerprint density at radius 3 is 2.95 bits per heavy atom. The third kappa shape index (κ3) is 2.31. The average molecular weight is 270 g/mol. The second kappa shape index (κ2) is 5.29. The fourth-order valence-corrected chi connectivity index (χ4v) is 3.16. The minimum Gasteiger partial charge on any atom is -0.397 e. The number of anilines is 2. The van der Waals surface area contributed by atoms with E-state index in [2.05, 4.69) is 40.9 Å². The first-order chi connectivity index (χ1) is 9.66. The lowest BCUT2D eigenvalue weighted by Gasteiger charge is -2.31. The first-order valence-corrected chi connectivity index (χ1v) is 7.25. The largest absolute Gasteiger partial charge is 0.397 e. The van der Waals surface area contributed by atoms with Crippen molar-refractivity contribution in [2.45, 2.75) is 19.4 Å². The molecule has 1 aromatic carbocycles. The van der Waals surface area contributed by atoms with Crippen LogP contribution in [-0.2, 0) is 0 Å². The number of aromatic nitrogens is 1. The molecule has 1 unspecified atom stereocenters. The first-order valence-electron chi connectivity index (χ1n) is 7.25. The number of nitrogen functional groups attached to an aromatic ring is 1. The Kier molecular flexibility index (Phi) is 3.49. The molecule has 1 fully saturated rings.